The van der Waals surface area contributed by atoms with Crippen LogP contribution in [0.2, 0.25) is 0 Å². The van der Waals surface area contributed by atoms with Crippen molar-refractivity contribution >= 4 is 15.8 Å². The lowest BCUT2D eigenvalue weighted by molar-refractivity contribution is -0.141. The molecule has 3 atom stereocenters. The van der Waals surface area contributed by atoms with E-state index in [1.54, 1.807) is 0 Å². The van der Waals surface area contributed by atoms with Gasteiger partial charge in [-0.15, -0.1) is 0 Å². The van der Waals surface area contributed by atoms with Gasteiger partial charge in [-0.2, -0.15) is 0 Å². The second-order valence-corrected chi connectivity index (χ2v) is 13.9. The van der Waals surface area contributed by atoms with E-state index in [0.717, 1.165) is 33.4 Å². The molecule has 2 aliphatic heterocycles. The van der Waals surface area contributed by atoms with E-state index in [4.69, 9.17) is 18.9 Å². The number of sulfone groups is 1. The van der Waals surface area contributed by atoms with E-state index in [2.05, 4.69) is 0 Å². The summed E-state index contributed by atoms with van der Waals surface area (Å²) in [5.74, 6) is 1.80. The largest absolute Gasteiger partial charge is 0.493 e. The van der Waals surface area contributed by atoms with Gasteiger partial charge in [0.05, 0.1) is 38.3 Å². The predicted molar refractivity (Wildman–Crippen MR) is 157 cm³/mol. The van der Waals surface area contributed by atoms with Crippen molar-refractivity contribution < 1.29 is 36.6 Å². The Morgan fingerprint density at radius 2 is 1.83 bits per heavy atom. The third kappa shape index (κ3) is 5.59. The first-order valence-corrected chi connectivity index (χ1v) is 16.2. The lowest BCUT2D eigenvalue weighted by atomic mass is 9.90. The van der Waals surface area contributed by atoms with Gasteiger partial charge in [-0.1, -0.05) is 12.1 Å². The monoisotopic (exact) mass is 594 g/mol. The van der Waals surface area contributed by atoms with E-state index in [-0.39, 0.29) is 41.5 Å². The maximum Gasteiger partial charge on any atom is 0.306 e. The Hall–Kier alpha value is -3.59. The Balaban J connectivity index is 1.21. The van der Waals surface area contributed by atoms with Crippen molar-refractivity contribution in [2.45, 2.75) is 51.6 Å². The molecule has 9 heteroatoms. The topological polar surface area (TPSA) is 88.1 Å². The number of benzene rings is 3. The molecule has 42 heavy (non-hydrogen) atoms. The van der Waals surface area contributed by atoms with Crippen LogP contribution in [0.5, 0.6) is 17.2 Å². The Morgan fingerprint density at radius 1 is 1.05 bits per heavy atom. The van der Waals surface area contributed by atoms with Crippen LogP contribution in [-0.4, -0.2) is 46.2 Å². The molecule has 1 fully saturated rings. The summed E-state index contributed by atoms with van der Waals surface area (Å²) in [4.78, 5) is 11.7. The first-order chi connectivity index (χ1) is 20.1. The van der Waals surface area contributed by atoms with Crippen LogP contribution < -0.4 is 14.2 Å². The van der Waals surface area contributed by atoms with E-state index in [1.807, 2.05) is 50.2 Å². The SMILES string of the molecule is COC(=O)C[C@@H]1COc2cc(O[C@@H]3CCc4c(-c5c(C)cc(OC[C@@H]6CCS(=O)(=O)C6)cc5C)ccc(F)c43)ccc21. The van der Waals surface area contributed by atoms with Gasteiger partial charge in [-0.05, 0) is 85.2 Å². The highest BCUT2D eigenvalue weighted by Crippen LogP contribution is 2.45. The van der Waals surface area contributed by atoms with Gasteiger partial charge in [0.15, 0.2) is 9.84 Å². The molecule has 0 saturated carbocycles. The zero-order valence-corrected chi connectivity index (χ0v) is 24.9. The zero-order chi connectivity index (χ0) is 29.6. The smallest absolute Gasteiger partial charge is 0.306 e. The van der Waals surface area contributed by atoms with Crippen molar-refractivity contribution in [1.29, 1.82) is 0 Å². The number of ether oxygens (including phenoxy) is 4. The van der Waals surface area contributed by atoms with Crippen molar-refractivity contribution in [3.8, 4) is 28.4 Å². The molecular weight excluding hydrogens is 559 g/mol. The van der Waals surface area contributed by atoms with Crippen LogP contribution >= 0.6 is 0 Å². The summed E-state index contributed by atoms with van der Waals surface area (Å²) in [5, 5.41) is 0. The van der Waals surface area contributed by atoms with Gasteiger partial charge >= 0.3 is 5.97 Å². The molecule has 0 amide bonds. The molecule has 0 aromatic heterocycles. The molecule has 1 saturated heterocycles. The molecule has 6 rings (SSSR count). The number of hydrogen-bond donors (Lipinski definition) is 0. The minimum atomic E-state index is -2.95. The Morgan fingerprint density at radius 3 is 2.55 bits per heavy atom. The normalized spacial score (nSPS) is 21.9. The molecule has 222 valence electrons. The van der Waals surface area contributed by atoms with Gasteiger partial charge in [0, 0.05) is 29.0 Å². The average molecular weight is 595 g/mol. The maximum atomic E-state index is 15.3. The number of esters is 1. The highest BCUT2D eigenvalue weighted by molar-refractivity contribution is 7.91. The molecule has 3 aliphatic rings. The zero-order valence-electron chi connectivity index (χ0n) is 24.1. The Labute approximate surface area is 245 Å². The molecule has 2 heterocycles. The molecule has 3 aromatic rings. The van der Waals surface area contributed by atoms with Crippen molar-refractivity contribution in [3.05, 3.63) is 76.1 Å². The van der Waals surface area contributed by atoms with Crippen LogP contribution in [-0.2, 0) is 25.8 Å². The predicted octanol–water partition coefficient (Wildman–Crippen LogP) is 6.03. The van der Waals surface area contributed by atoms with E-state index in [0.29, 0.717) is 55.3 Å². The van der Waals surface area contributed by atoms with Gasteiger partial charge in [-0.3, -0.25) is 4.79 Å². The molecular formula is C33H35FO7S. The second-order valence-electron chi connectivity index (χ2n) is 11.6. The fourth-order valence-electron chi connectivity index (χ4n) is 6.62. The van der Waals surface area contributed by atoms with Crippen LogP contribution in [0.3, 0.4) is 0 Å². The number of fused-ring (bicyclic) bond motifs is 2. The number of halogens is 1. The number of carbonyl (C=O) groups excluding carboxylic acids is 1. The molecule has 3 aromatic carbocycles. The van der Waals surface area contributed by atoms with Crippen molar-refractivity contribution in [2.24, 2.45) is 5.92 Å². The molecule has 0 unspecified atom stereocenters. The summed E-state index contributed by atoms with van der Waals surface area (Å²) in [6, 6.07) is 12.9. The highest BCUT2D eigenvalue weighted by Gasteiger charge is 2.33. The Bertz CT molecular complexity index is 1630. The number of rotatable bonds is 8. The van der Waals surface area contributed by atoms with E-state index in [9.17, 15) is 13.2 Å². The number of hydrogen-bond acceptors (Lipinski definition) is 7. The average Bonchev–Trinajstić information content (AvgIpc) is 3.65. The minimum Gasteiger partial charge on any atom is -0.493 e. The quantitative estimate of drug-likeness (QED) is 0.295. The standard InChI is InChI=1S/C33H35FO7S/c1-19-12-24(39-16-21-10-11-42(36,37)18-21)13-20(2)32(19)26-6-8-28(34)33-27(26)7-9-29(33)41-23-4-5-25-22(14-31(35)38-3)17-40-30(25)15-23/h4-6,8,12-13,15,21-22,29H,7,9-11,14,16-18H2,1-3H3/t21-,22+,29+/m0/s1. The second kappa shape index (κ2) is 11.2. The van der Waals surface area contributed by atoms with Crippen LogP contribution in [0, 0.1) is 25.6 Å². The van der Waals surface area contributed by atoms with Gasteiger partial charge in [0.2, 0.25) is 0 Å². The van der Waals surface area contributed by atoms with E-state index in [1.165, 1.54) is 13.2 Å². The first-order valence-electron chi connectivity index (χ1n) is 14.4. The number of carbonyl (C=O) groups is 1. The third-order valence-corrected chi connectivity index (χ3v) is 10.5. The summed E-state index contributed by atoms with van der Waals surface area (Å²) in [5.41, 5.74) is 6.54. The fraction of sp³-hybridized carbons (Fsp3) is 0.424. The summed E-state index contributed by atoms with van der Waals surface area (Å²) in [6.07, 6.45) is 1.79. The molecule has 1 aliphatic carbocycles. The molecule has 0 spiro atoms. The van der Waals surface area contributed by atoms with Crippen molar-refractivity contribution in [1.82, 2.24) is 0 Å². The summed E-state index contributed by atoms with van der Waals surface area (Å²) < 4.78 is 61.9. The van der Waals surface area contributed by atoms with Gasteiger partial charge in [-0.25, -0.2) is 12.8 Å². The van der Waals surface area contributed by atoms with E-state index < -0.39 is 15.9 Å². The maximum absolute atomic E-state index is 15.3. The molecule has 0 bridgehead atoms. The van der Waals surface area contributed by atoms with Crippen LogP contribution in [0.15, 0.2) is 42.5 Å². The molecule has 7 nitrogen and oxygen atoms in total. The summed E-state index contributed by atoms with van der Waals surface area (Å²) >= 11 is 0. The van der Waals surface area contributed by atoms with Crippen molar-refractivity contribution in [2.75, 3.05) is 31.8 Å². The van der Waals surface area contributed by atoms with Gasteiger partial charge < -0.3 is 18.9 Å². The van der Waals surface area contributed by atoms with E-state index >= 15 is 4.39 Å². The van der Waals surface area contributed by atoms with Crippen LogP contribution in [0.25, 0.3) is 11.1 Å². The number of aryl methyl sites for hydroxylation is 2. The van der Waals surface area contributed by atoms with Crippen LogP contribution in [0.1, 0.15) is 59.1 Å². The van der Waals surface area contributed by atoms with Gasteiger partial charge in [0.1, 0.15) is 29.2 Å². The summed E-state index contributed by atoms with van der Waals surface area (Å²) in [7, 11) is -1.57. The van der Waals surface area contributed by atoms with Crippen molar-refractivity contribution in [3.63, 3.8) is 0 Å². The lowest BCUT2D eigenvalue weighted by Gasteiger charge is -2.19. The lowest BCUT2D eigenvalue weighted by Crippen LogP contribution is -2.13. The molecule has 0 N–H and O–H groups in total. The number of methoxy groups -OCH3 is 1. The first kappa shape index (κ1) is 28.5. The highest BCUT2D eigenvalue weighted by atomic mass is 32.2. The van der Waals surface area contributed by atoms with Gasteiger partial charge in [0.25, 0.3) is 0 Å². The minimum absolute atomic E-state index is 0.0195. The Kier molecular flexibility index (Phi) is 7.64. The molecule has 0 radical (unpaired) electrons. The summed E-state index contributed by atoms with van der Waals surface area (Å²) in [6.45, 7) is 4.82. The fourth-order valence-corrected chi connectivity index (χ4v) is 8.46. The third-order valence-electron chi connectivity index (χ3n) is 8.65. The van der Waals surface area contributed by atoms with Crippen LogP contribution in [0.4, 0.5) is 4.39 Å².